The van der Waals surface area contributed by atoms with Gasteiger partial charge in [-0.25, -0.2) is 0 Å². The third-order valence-corrected chi connectivity index (χ3v) is 4.82. The smallest absolute Gasteiger partial charge is 0.224 e. The summed E-state index contributed by atoms with van der Waals surface area (Å²) in [6.07, 6.45) is 5.05. The first kappa shape index (κ1) is 15.4. The Morgan fingerprint density at radius 2 is 2.14 bits per heavy atom. The maximum atomic E-state index is 12.5. The van der Waals surface area contributed by atoms with Crippen molar-refractivity contribution in [3.05, 3.63) is 12.4 Å². The third-order valence-electron chi connectivity index (χ3n) is 4.82. The molecule has 7 nitrogen and oxygen atoms in total. The monoisotopic (exact) mass is 307 g/mol. The molecule has 1 amide bonds. The van der Waals surface area contributed by atoms with Crippen LogP contribution in [0.25, 0.3) is 0 Å². The zero-order valence-electron chi connectivity index (χ0n) is 13.2. The summed E-state index contributed by atoms with van der Waals surface area (Å²) in [6.45, 7) is 8.17. The van der Waals surface area contributed by atoms with Crippen LogP contribution in [0.3, 0.4) is 0 Å². The van der Waals surface area contributed by atoms with Crippen LogP contribution in [0.1, 0.15) is 19.8 Å². The van der Waals surface area contributed by atoms with Gasteiger partial charge in [-0.15, -0.1) is 5.10 Å². The first-order valence-corrected chi connectivity index (χ1v) is 8.21. The molecule has 2 aliphatic rings. The number of morpholine rings is 1. The Hall–Kier alpha value is -1.47. The van der Waals surface area contributed by atoms with Gasteiger partial charge in [0.2, 0.25) is 5.91 Å². The van der Waals surface area contributed by atoms with E-state index in [4.69, 9.17) is 4.74 Å². The van der Waals surface area contributed by atoms with Gasteiger partial charge in [0, 0.05) is 44.8 Å². The third kappa shape index (κ3) is 3.47. The number of hydrogen-bond donors (Lipinski definition) is 0. The zero-order valence-corrected chi connectivity index (χ0v) is 13.2. The van der Waals surface area contributed by atoms with E-state index in [1.54, 1.807) is 17.1 Å². The second-order valence-corrected chi connectivity index (χ2v) is 6.10. The molecule has 7 heteroatoms. The summed E-state index contributed by atoms with van der Waals surface area (Å²) in [5.74, 6) is 0.804. The van der Waals surface area contributed by atoms with Gasteiger partial charge >= 0.3 is 0 Å². The van der Waals surface area contributed by atoms with Crippen LogP contribution in [-0.4, -0.2) is 76.1 Å². The van der Waals surface area contributed by atoms with Crippen LogP contribution >= 0.6 is 0 Å². The molecular weight excluding hydrogens is 282 g/mol. The predicted molar refractivity (Wildman–Crippen MR) is 81.2 cm³/mol. The van der Waals surface area contributed by atoms with Gasteiger partial charge in [0.1, 0.15) is 0 Å². The lowest BCUT2D eigenvalue weighted by Crippen LogP contribution is -2.47. The molecular formula is C15H25N5O2. The quantitative estimate of drug-likeness (QED) is 0.779. The minimum absolute atomic E-state index is 0.227. The van der Waals surface area contributed by atoms with E-state index in [0.717, 1.165) is 45.8 Å². The Bertz CT molecular complexity index is 472. The topological polar surface area (TPSA) is 63.5 Å². The molecule has 2 unspecified atom stereocenters. The lowest BCUT2D eigenvalue weighted by Gasteiger charge is -2.34. The maximum Gasteiger partial charge on any atom is 0.224 e. The number of aryl methyl sites for hydroxylation is 1. The molecule has 0 spiro atoms. The van der Waals surface area contributed by atoms with E-state index in [0.29, 0.717) is 24.9 Å². The van der Waals surface area contributed by atoms with Crippen LogP contribution in [0, 0.1) is 5.92 Å². The molecule has 2 fully saturated rings. The number of rotatable bonds is 5. The van der Waals surface area contributed by atoms with Crippen LogP contribution in [0.15, 0.2) is 12.4 Å². The molecule has 0 aliphatic carbocycles. The van der Waals surface area contributed by atoms with Gasteiger partial charge in [-0.2, -0.15) is 0 Å². The average molecular weight is 307 g/mol. The molecule has 1 aromatic heterocycles. The minimum Gasteiger partial charge on any atom is -0.379 e. The lowest BCUT2D eigenvalue weighted by atomic mass is 9.99. The van der Waals surface area contributed by atoms with Crippen molar-refractivity contribution in [3.63, 3.8) is 0 Å². The fraction of sp³-hybridized carbons (Fsp3) is 0.800. The number of likely N-dealkylation sites (tertiary alicyclic amines) is 1. The number of carbonyl (C=O) groups excluding carboxylic acids is 1. The van der Waals surface area contributed by atoms with Gasteiger partial charge in [-0.1, -0.05) is 18.6 Å². The van der Waals surface area contributed by atoms with E-state index >= 15 is 0 Å². The Labute approximate surface area is 131 Å². The fourth-order valence-electron chi connectivity index (χ4n) is 3.50. The Kier molecular flexibility index (Phi) is 5.04. The van der Waals surface area contributed by atoms with Crippen LogP contribution < -0.4 is 0 Å². The van der Waals surface area contributed by atoms with Crippen molar-refractivity contribution in [2.45, 2.75) is 32.4 Å². The minimum atomic E-state index is 0.227. The molecule has 0 saturated carbocycles. The number of amides is 1. The largest absolute Gasteiger partial charge is 0.379 e. The van der Waals surface area contributed by atoms with Crippen molar-refractivity contribution < 1.29 is 9.53 Å². The summed E-state index contributed by atoms with van der Waals surface area (Å²) in [7, 11) is 0. The van der Waals surface area contributed by atoms with Gasteiger partial charge in [0.05, 0.1) is 26.0 Å². The van der Waals surface area contributed by atoms with Gasteiger partial charge in [-0.3, -0.25) is 14.4 Å². The molecule has 3 rings (SSSR count). The Balaban J connectivity index is 1.54. The van der Waals surface area contributed by atoms with Gasteiger partial charge in [-0.05, 0) is 5.92 Å². The van der Waals surface area contributed by atoms with Crippen molar-refractivity contribution in [2.24, 2.45) is 5.92 Å². The summed E-state index contributed by atoms with van der Waals surface area (Å²) >= 11 is 0. The van der Waals surface area contributed by atoms with Crippen molar-refractivity contribution in [1.29, 1.82) is 0 Å². The van der Waals surface area contributed by atoms with Gasteiger partial charge in [0.15, 0.2) is 0 Å². The fourth-order valence-corrected chi connectivity index (χ4v) is 3.50. The van der Waals surface area contributed by atoms with E-state index < -0.39 is 0 Å². The van der Waals surface area contributed by atoms with E-state index in [9.17, 15) is 4.79 Å². The lowest BCUT2D eigenvalue weighted by molar-refractivity contribution is -0.130. The van der Waals surface area contributed by atoms with Crippen LogP contribution in [-0.2, 0) is 16.1 Å². The second-order valence-electron chi connectivity index (χ2n) is 6.10. The molecule has 3 heterocycles. The summed E-state index contributed by atoms with van der Waals surface area (Å²) < 4.78 is 7.16. The molecule has 22 heavy (non-hydrogen) atoms. The molecule has 2 aliphatic heterocycles. The van der Waals surface area contributed by atoms with Crippen molar-refractivity contribution in [1.82, 2.24) is 24.8 Å². The number of aromatic nitrogens is 3. The predicted octanol–water partition coefficient (Wildman–Crippen LogP) is 0.237. The highest BCUT2D eigenvalue weighted by Crippen LogP contribution is 2.26. The summed E-state index contributed by atoms with van der Waals surface area (Å²) in [6, 6.07) is 0.490. The summed E-state index contributed by atoms with van der Waals surface area (Å²) in [5, 5.41) is 7.67. The van der Waals surface area contributed by atoms with E-state index in [-0.39, 0.29) is 5.91 Å². The second kappa shape index (κ2) is 7.19. The molecule has 0 bridgehead atoms. The van der Waals surface area contributed by atoms with Gasteiger partial charge < -0.3 is 9.64 Å². The number of hydrogen-bond acceptors (Lipinski definition) is 5. The van der Waals surface area contributed by atoms with Crippen LogP contribution in [0.5, 0.6) is 0 Å². The number of nitrogens with zero attached hydrogens (tertiary/aromatic N) is 5. The average Bonchev–Trinajstić information content (AvgIpc) is 3.22. The molecule has 122 valence electrons. The highest BCUT2D eigenvalue weighted by Gasteiger charge is 2.37. The number of ether oxygens (including phenoxy) is 1. The highest BCUT2D eigenvalue weighted by atomic mass is 16.5. The van der Waals surface area contributed by atoms with E-state index in [1.807, 2.05) is 4.90 Å². The SMILES string of the molecule is CCC1CN(C(=O)CCn2ccnn2)CC1N1CCOCC1. The normalized spacial score (nSPS) is 26.5. The first-order valence-electron chi connectivity index (χ1n) is 8.21. The van der Waals surface area contributed by atoms with Crippen molar-refractivity contribution in [3.8, 4) is 0 Å². The maximum absolute atomic E-state index is 12.5. The molecule has 0 radical (unpaired) electrons. The zero-order chi connectivity index (χ0) is 15.4. The Morgan fingerprint density at radius 1 is 1.32 bits per heavy atom. The molecule has 1 aromatic rings. The van der Waals surface area contributed by atoms with E-state index in [2.05, 4.69) is 22.1 Å². The van der Waals surface area contributed by atoms with Crippen molar-refractivity contribution in [2.75, 3.05) is 39.4 Å². The molecule has 2 atom stereocenters. The summed E-state index contributed by atoms with van der Waals surface area (Å²) in [4.78, 5) is 17.0. The molecule has 0 N–H and O–H groups in total. The highest BCUT2D eigenvalue weighted by molar-refractivity contribution is 5.76. The summed E-state index contributed by atoms with van der Waals surface area (Å²) in [5.41, 5.74) is 0. The van der Waals surface area contributed by atoms with Crippen LogP contribution in [0.2, 0.25) is 0 Å². The molecule has 2 saturated heterocycles. The number of carbonyl (C=O) groups is 1. The standard InChI is InChI=1S/C15H25N5O2/c1-2-13-11-19(12-14(13)18-7-9-22-10-8-18)15(21)3-5-20-6-4-16-17-20/h4,6,13-14H,2-3,5,7-12H2,1H3. The van der Waals surface area contributed by atoms with Crippen molar-refractivity contribution >= 4 is 5.91 Å². The first-order chi connectivity index (χ1) is 10.8. The molecule has 0 aromatic carbocycles. The van der Waals surface area contributed by atoms with Gasteiger partial charge in [0.25, 0.3) is 0 Å². The Morgan fingerprint density at radius 3 is 2.82 bits per heavy atom. The van der Waals surface area contributed by atoms with Crippen LogP contribution in [0.4, 0.5) is 0 Å². The van der Waals surface area contributed by atoms with E-state index in [1.165, 1.54) is 0 Å².